The molecule has 3 rings (SSSR count). The molecule has 0 radical (unpaired) electrons. The number of nitrogens with one attached hydrogen (secondary N) is 2. The van der Waals surface area contributed by atoms with Gasteiger partial charge in [0.15, 0.2) is 0 Å². The van der Waals surface area contributed by atoms with E-state index in [1.165, 1.54) is 0 Å². The Morgan fingerprint density at radius 3 is 2.50 bits per heavy atom. The normalized spacial score (nSPS) is 11.8. The molecule has 5 nitrogen and oxygen atoms in total. The molecule has 0 bridgehead atoms. The standard InChI is InChI=1S/C18H17ClN4O/c1-23-12-11-20-17(23)16(14-9-5-6-10-15(14)19)22-18(24)21-13-7-3-2-4-8-13/h2-12,16H,1H3,(H2,21,22,24). The molecule has 2 N–H and O–H groups in total. The Hall–Kier alpha value is -2.79. The number of aryl methyl sites for hydroxylation is 1. The first kappa shape index (κ1) is 16.1. The number of nitrogens with zero attached hydrogens (tertiary/aromatic N) is 2. The molecule has 0 aliphatic rings. The Kier molecular flexibility index (Phi) is 4.82. The van der Waals surface area contributed by atoms with Crippen LogP contribution in [0.25, 0.3) is 0 Å². The number of carbonyl (C=O) groups excluding carboxylic acids is 1. The van der Waals surface area contributed by atoms with Gasteiger partial charge in [0, 0.05) is 35.7 Å². The molecular weight excluding hydrogens is 324 g/mol. The number of hydrogen-bond donors (Lipinski definition) is 2. The Morgan fingerprint density at radius 2 is 1.83 bits per heavy atom. The molecule has 1 unspecified atom stereocenters. The third kappa shape index (κ3) is 3.58. The van der Waals surface area contributed by atoms with E-state index in [1.807, 2.05) is 66.3 Å². The molecule has 122 valence electrons. The van der Waals surface area contributed by atoms with Crippen molar-refractivity contribution in [2.24, 2.45) is 7.05 Å². The highest BCUT2D eigenvalue weighted by molar-refractivity contribution is 6.31. The molecule has 2 aromatic carbocycles. The zero-order valence-electron chi connectivity index (χ0n) is 13.1. The second-order valence-electron chi connectivity index (χ2n) is 5.32. The monoisotopic (exact) mass is 340 g/mol. The third-order valence-corrected chi connectivity index (χ3v) is 3.98. The van der Waals surface area contributed by atoms with Crippen molar-refractivity contribution in [2.75, 3.05) is 5.32 Å². The van der Waals surface area contributed by atoms with Crippen LogP contribution in [0.4, 0.5) is 10.5 Å². The van der Waals surface area contributed by atoms with Crippen LogP contribution in [0, 0.1) is 0 Å². The molecule has 24 heavy (non-hydrogen) atoms. The van der Waals surface area contributed by atoms with Gasteiger partial charge in [-0.15, -0.1) is 0 Å². The van der Waals surface area contributed by atoms with Gasteiger partial charge in [-0.3, -0.25) is 0 Å². The molecule has 0 aliphatic heterocycles. The average Bonchev–Trinajstić information content (AvgIpc) is 3.00. The Balaban J connectivity index is 1.87. The van der Waals surface area contributed by atoms with E-state index < -0.39 is 6.04 Å². The number of halogens is 1. The Bertz CT molecular complexity index is 832. The maximum Gasteiger partial charge on any atom is 0.320 e. The highest BCUT2D eigenvalue weighted by Crippen LogP contribution is 2.27. The van der Waals surface area contributed by atoms with E-state index in [0.29, 0.717) is 16.5 Å². The molecule has 0 saturated carbocycles. The zero-order chi connectivity index (χ0) is 16.9. The lowest BCUT2D eigenvalue weighted by atomic mass is 10.1. The molecule has 1 heterocycles. The van der Waals surface area contributed by atoms with E-state index in [1.54, 1.807) is 12.3 Å². The first-order valence-corrected chi connectivity index (χ1v) is 7.87. The van der Waals surface area contributed by atoms with Gasteiger partial charge in [-0.25, -0.2) is 9.78 Å². The summed E-state index contributed by atoms with van der Waals surface area (Å²) in [4.78, 5) is 16.8. The first-order valence-electron chi connectivity index (χ1n) is 7.49. The lowest BCUT2D eigenvalue weighted by Gasteiger charge is -2.20. The van der Waals surface area contributed by atoms with Crippen LogP contribution < -0.4 is 10.6 Å². The number of rotatable bonds is 4. The van der Waals surface area contributed by atoms with Crippen LogP contribution >= 0.6 is 11.6 Å². The second-order valence-corrected chi connectivity index (χ2v) is 5.72. The van der Waals surface area contributed by atoms with Crippen LogP contribution in [0.5, 0.6) is 0 Å². The van der Waals surface area contributed by atoms with Crippen molar-refractivity contribution in [3.8, 4) is 0 Å². The fourth-order valence-corrected chi connectivity index (χ4v) is 2.71. The van der Waals surface area contributed by atoms with Crippen LogP contribution in [0.3, 0.4) is 0 Å². The third-order valence-electron chi connectivity index (χ3n) is 3.64. The largest absolute Gasteiger partial charge is 0.336 e. The van der Waals surface area contributed by atoms with Gasteiger partial charge in [0.25, 0.3) is 0 Å². The maximum atomic E-state index is 12.4. The quantitative estimate of drug-likeness (QED) is 0.754. The molecule has 2 amide bonds. The fraction of sp³-hybridized carbons (Fsp3) is 0.111. The number of urea groups is 1. The summed E-state index contributed by atoms with van der Waals surface area (Å²) in [5.74, 6) is 0.700. The van der Waals surface area contributed by atoms with Gasteiger partial charge >= 0.3 is 6.03 Å². The van der Waals surface area contributed by atoms with E-state index in [9.17, 15) is 4.79 Å². The van der Waals surface area contributed by atoms with E-state index in [2.05, 4.69) is 15.6 Å². The van der Waals surface area contributed by atoms with Crippen LogP contribution in [-0.4, -0.2) is 15.6 Å². The number of para-hydroxylation sites is 1. The van der Waals surface area contributed by atoms with Crippen molar-refractivity contribution in [1.82, 2.24) is 14.9 Å². The van der Waals surface area contributed by atoms with Crippen molar-refractivity contribution in [1.29, 1.82) is 0 Å². The number of carbonyl (C=O) groups is 1. The summed E-state index contributed by atoms with van der Waals surface area (Å²) in [6.45, 7) is 0. The van der Waals surface area contributed by atoms with Crippen LogP contribution in [0.2, 0.25) is 5.02 Å². The molecule has 0 spiro atoms. The summed E-state index contributed by atoms with van der Waals surface area (Å²) in [5, 5.41) is 6.34. The van der Waals surface area contributed by atoms with Gasteiger partial charge in [0.05, 0.1) is 0 Å². The highest BCUT2D eigenvalue weighted by Gasteiger charge is 2.22. The van der Waals surface area contributed by atoms with E-state index >= 15 is 0 Å². The van der Waals surface area contributed by atoms with Gasteiger partial charge < -0.3 is 15.2 Å². The van der Waals surface area contributed by atoms with Gasteiger partial charge in [-0.1, -0.05) is 48.0 Å². The SMILES string of the molecule is Cn1ccnc1C(NC(=O)Nc1ccccc1)c1ccccc1Cl. The molecule has 1 aromatic heterocycles. The minimum Gasteiger partial charge on any atom is -0.336 e. The minimum atomic E-state index is -0.456. The topological polar surface area (TPSA) is 59.0 Å². The van der Waals surface area contributed by atoms with Crippen molar-refractivity contribution >= 4 is 23.3 Å². The zero-order valence-corrected chi connectivity index (χ0v) is 13.9. The number of aromatic nitrogens is 2. The molecule has 0 aliphatic carbocycles. The summed E-state index contributed by atoms with van der Waals surface area (Å²) < 4.78 is 1.86. The van der Waals surface area contributed by atoms with E-state index in [-0.39, 0.29) is 6.03 Å². The van der Waals surface area contributed by atoms with Gasteiger partial charge in [-0.05, 0) is 18.2 Å². The van der Waals surface area contributed by atoms with Crippen LogP contribution in [0.15, 0.2) is 67.0 Å². The van der Waals surface area contributed by atoms with Crippen molar-refractivity contribution in [3.63, 3.8) is 0 Å². The Labute approximate surface area is 145 Å². The Morgan fingerprint density at radius 1 is 1.12 bits per heavy atom. The smallest absolute Gasteiger partial charge is 0.320 e. The van der Waals surface area contributed by atoms with E-state index in [0.717, 1.165) is 5.56 Å². The summed E-state index contributed by atoms with van der Waals surface area (Å²) in [5.41, 5.74) is 1.50. The van der Waals surface area contributed by atoms with E-state index in [4.69, 9.17) is 11.6 Å². The summed E-state index contributed by atoms with van der Waals surface area (Å²) >= 11 is 6.32. The highest BCUT2D eigenvalue weighted by atomic mass is 35.5. The molecular formula is C18H17ClN4O. The fourth-order valence-electron chi connectivity index (χ4n) is 2.47. The summed E-state index contributed by atoms with van der Waals surface area (Å²) in [6.07, 6.45) is 3.52. The number of hydrogen-bond acceptors (Lipinski definition) is 2. The minimum absolute atomic E-state index is 0.325. The first-order chi connectivity index (χ1) is 11.6. The van der Waals surface area contributed by atoms with Crippen LogP contribution in [-0.2, 0) is 7.05 Å². The molecule has 1 atom stereocenters. The van der Waals surface area contributed by atoms with Gasteiger partial charge in [0.2, 0.25) is 0 Å². The van der Waals surface area contributed by atoms with Crippen molar-refractivity contribution in [3.05, 3.63) is 83.4 Å². The van der Waals surface area contributed by atoms with Crippen molar-refractivity contribution < 1.29 is 4.79 Å². The number of imidazole rings is 1. The predicted octanol–water partition coefficient (Wildman–Crippen LogP) is 3.98. The number of amides is 2. The molecule has 3 aromatic rings. The molecule has 0 fully saturated rings. The average molecular weight is 341 g/mol. The number of anilines is 1. The lowest BCUT2D eigenvalue weighted by Crippen LogP contribution is -2.34. The molecule has 6 heteroatoms. The second kappa shape index (κ2) is 7.19. The number of benzene rings is 2. The predicted molar refractivity (Wildman–Crippen MR) is 95.1 cm³/mol. The summed E-state index contributed by atoms with van der Waals surface area (Å²) in [7, 11) is 1.88. The van der Waals surface area contributed by atoms with Gasteiger partial charge in [0.1, 0.15) is 11.9 Å². The van der Waals surface area contributed by atoms with Crippen molar-refractivity contribution in [2.45, 2.75) is 6.04 Å². The molecule has 0 saturated heterocycles. The lowest BCUT2D eigenvalue weighted by molar-refractivity contribution is 0.249. The maximum absolute atomic E-state index is 12.4. The van der Waals surface area contributed by atoms with Gasteiger partial charge in [-0.2, -0.15) is 0 Å². The van der Waals surface area contributed by atoms with Crippen LogP contribution in [0.1, 0.15) is 17.4 Å². The summed E-state index contributed by atoms with van der Waals surface area (Å²) in [6, 6.07) is 15.9.